The van der Waals surface area contributed by atoms with Gasteiger partial charge in [-0.25, -0.2) is 19.4 Å². The van der Waals surface area contributed by atoms with Crippen LogP contribution in [0.3, 0.4) is 0 Å². The highest BCUT2D eigenvalue weighted by Gasteiger charge is 2.44. The zero-order valence-electron chi connectivity index (χ0n) is 23.6. The number of aliphatic imine (C=N–C) groups is 2. The van der Waals surface area contributed by atoms with Gasteiger partial charge in [-0.1, -0.05) is 6.58 Å². The van der Waals surface area contributed by atoms with Gasteiger partial charge in [0.15, 0.2) is 17.9 Å². The number of rotatable bonds is 12. The molecule has 14 nitrogen and oxygen atoms in total. The van der Waals surface area contributed by atoms with Crippen LogP contribution in [0.5, 0.6) is 0 Å². The Morgan fingerprint density at radius 1 is 1.33 bits per heavy atom. The third-order valence-electron chi connectivity index (χ3n) is 7.10. The summed E-state index contributed by atoms with van der Waals surface area (Å²) in [5.74, 6) is 1.15. The highest BCUT2D eigenvalue weighted by Crippen LogP contribution is 2.38. The minimum Gasteiger partial charge on any atom is -0.382 e. The molecule has 0 spiro atoms. The minimum absolute atomic E-state index is 0.0254. The lowest BCUT2D eigenvalue weighted by Crippen LogP contribution is -2.28. The van der Waals surface area contributed by atoms with E-state index >= 15 is 0 Å². The van der Waals surface area contributed by atoms with Crippen molar-refractivity contribution in [3.63, 3.8) is 0 Å². The van der Waals surface area contributed by atoms with Crippen LogP contribution < -0.4 is 16.4 Å². The first-order valence-electron chi connectivity index (χ1n) is 13.5. The molecule has 0 amide bonds. The molecule has 5 rings (SSSR count). The molecule has 2 saturated heterocycles. The number of nitrogens with one attached hydrogen (secondary N) is 2. The molecule has 3 aliphatic heterocycles. The largest absolute Gasteiger partial charge is 0.697 e. The number of hydrogen-bond donors (Lipinski definition) is 3. The number of nitrogens with two attached hydrogens (primary N) is 1. The van der Waals surface area contributed by atoms with Crippen molar-refractivity contribution in [3.05, 3.63) is 30.2 Å². The fourth-order valence-corrected chi connectivity index (χ4v) is 6.05. The van der Waals surface area contributed by atoms with Crippen LogP contribution in [0.25, 0.3) is 5.70 Å². The van der Waals surface area contributed by atoms with Crippen molar-refractivity contribution < 1.29 is 32.2 Å². The van der Waals surface area contributed by atoms with Gasteiger partial charge in [-0.3, -0.25) is 4.99 Å². The van der Waals surface area contributed by atoms with Crippen LogP contribution in [0.4, 0.5) is 27.5 Å². The third kappa shape index (κ3) is 6.66. The molecule has 16 heteroatoms. The van der Waals surface area contributed by atoms with E-state index in [-0.39, 0.29) is 36.5 Å². The molecule has 0 aliphatic carbocycles. The Labute approximate surface area is 243 Å². The summed E-state index contributed by atoms with van der Waals surface area (Å²) >= 11 is 0. The molecule has 1 unspecified atom stereocenters. The number of methoxy groups -OCH3 is 1. The van der Waals surface area contributed by atoms with Crippen LogP contribution in [-0.2, 0) is 34.4 Å². The van der Waals surface area contributed by atoms with Gasteiger partial charge in [-0.2, -0.15) is 0 Å². The lowest BCUT2D eigenvalue weighted by atomic mass is 10.1. The predicted octanol–water partition coefficient (Wildman–Crippen LogP) is 3.55. The van der Waals surface area contributed by atoms with Crippen molar-refractivity contribution in [2.45, 2.75) is 70.0 Å². The van der Waals surface area contributed by atoms with E-state index in [2.05, 4.69) is 37.2 Å². The number of anilines is 2. The van der Waals surface area contributed by atoms with Gasteiger partial charge in [0.2, 0.25) is 0 Å². The zero-order chi connectivity index (χ0) is 29.8. The van der Waals surface area contributed by atoms with Gasteiger partial charge in [0, 0.05) is 48.2 Å². The fourth-order valence-electron chi connectivity index (χ4n) is 5.26. The maximum absolute atomic E-state index is 14.8. The molecule has 7 atom stereocenters. The zero-order valence-corrected chi connectivity index (χ0v) is 24.5. The van der Waals surface area contributed by atoms with Gasteiger partial charge in [0.05, 0.1) is 31.7 Å². The van der Waals surface area contributed by atoms with Crippen LogP contribution in [-0.4, -0.2) is 84.2 Å². The quantitative estimate of drug-likeness (QED) is 0.239. The maximum Gasteiger partial charge on any atom is 0.697 e. The summed E-state index contributed by atoms with van der Waals surface area (Å²) in [6, 6.07) is 0. The Morgan fingerprint density at radius 3 is 2.93 bits per heavy atom. The van der Waals surface area contributed by atoms with Crippen molar-refractivity contribution in [2.75, 3.05) is 31.4 Å². The third-order valence-corrected chi connectivity index (χ3v) is 7.91. The van der Waals surface area contributed by atoms with Crippen molar-refractivity contribution in [1.82, 2.24) is 19.9 Å². The minimum atomic E-state index is -2.55. The Bertz CT molecular complexity index is 1370. The second-order valence-corrected chi connectivity index (χ2v) is 11.0. The molecule has 0 radical (unpaired) electrons. The van der Waals surface area contributed by atoms with E-state index in [1.807, 2.05) is 17.7 Å². The van der Waals surface area contributed by atoms with Crippen LogP contribution in [0, 0.1) is 6.92 Å². The van der Waals surface area contributed by atoms with Crippen molar-refractivity contribution in [2.24, 2.45) is 9.98 Å². The maximum atomic E-state index is 14.8. The molecule has 0 aromatic carbocycles. The second-order valence-electron chi connectivity index (χ2n) is 10.1. The van der Waals surface area contributed by atoms with Gasteiger partial charge in [-0.05, 0) is 19.4 Å². The van der Waals surface area contributed by atoms with Gasteiger partial charge < -0.3 is 35.1 Å². The summed E-state index contributed by atoms with van der Waals surface area (Å²) in [7, 11) is -0.961. The Hall–Kier alpha value is -3.33. The summed E-state index contributed by atoms with van der Waals surface area (Å²) < 4.78 is 58.2. The molecule has 0 bridgehead atoms. The number of aryl methyl sites for hydroxylation is 1. The normalized spacial score (nSPS) is 27.4. The van der Waals surface area contributed by atoms with Crippen LogP contribution in [0.1, 0.15) is 30.9 Å². The average molecular weight is 606 g/mol. The van der Waals surface area contributed by atoms with E-state index in [0.29, 0.717) is 19.6 Å². The summed E-state index contributed by atoms with van der Waals surface area (Å²) in [5, 5.41) is 5.91. The van der Waals surface area contributed by atoms with Crippen molar-refractivity contribution >= 4 is 49.6 Å². The Kier molecular flexibility index (Phi) is 9.56. The number of nitrogen functional groups attached to an aromatic ring is 1. The molecular weight excluding hydrogens is 570 g/mol. The highest BCUT2D eigenvalue weighted by atomic mass is 31.1. The summed E-state index contributed by atoms with van der Waals surface area (Å²) in [5.41, 5.74) is 8.88. The SMILES string of the molecule is C=C1NC=Nc2c1c(C)cn2C[C@@H]1O[C@H](COC)C[C@H]1O[P+](=O)OC[C@@H]1C[C@@H](F)[C@H](Nc2ncnc(N)c2N=CC)O1. The number of fused-ring (bicyclic) bond motifs is 1. The number of ether oxygens (including phenoxy) is 3. The first-order chi connectivity index (χ1) is 20.3. The summed E-state index contributed by atoms with van der Waals surface area (Å²) in [6.07, 6.45) is 2.57. The summed E-state index contributed by atoms with van der Waals surface area (Å²) in [4.78, 5) is 16.6. The molecule has 0 saturated carbocycles. The van der Waals surface area contributed by atoms with Gasteiger partial charge in [0.25, 0.3) is 0 Å². The number of aromatic nitrogens is 3. The van der Waals surface area contributed by atoms with Crippen molar-refractivity contribution in [3.8, 4) is 0 Å². The molecule has 5 heterocycles. The Balaban J connectivity index is 1.17. The highest BCUT2D eigenvalue weighted by molar-refractivity contribution is 7.33. The summed E-state index contributed by atoms with van der Waals surface area (Å²) in [6.45, 7) is 8.40. The van der Waals surface area contributed by atoms with E-state index in [4.69, 9.17) is 29.0 Å². The molecule has 226 valence electrons. The Morgan fingerprint density at radius 2 is 2.14 bits per heavy atom. The predicted molar refractivity (Wildman–Crippen MR) is 155 cm³/mol. The van der Waals surface area contributed by atoms with E-state index in [1.54, 1.807) is 20.4 Å². The van der Waals surface area contributed by atoms with E-state index in [0.717, 1.165) is 22.6 Å². The molecule has 4 N–H and O–H groups in total. The second kappa shape index (κ2) is 13.3. The number of alkyl halides is 1. The van der Waals surface area contributed by atoms with Crippen molar-refractivity contribution in [1.29, 1.82) is 0 Å². The topological polar surface area (TPSA) is 169 Å². The van der Waals surface area contributed by atoms with E-state index in [9.17, 15) is 8.96 Å². The fraction of sp³-hybridized carbons (Fsp3) is 0.538. The molecule has 42 heavy (non-hydrogen) atoms. The molecule has 3 aliphatic rings. The monoisotopic (exact) mass is 605 g/mol. The lowest BCUT2D eigenvalue weighted by molar-refractivity contribution is -0.0235. The first kappa shape index (κ1) is 30.1. The molecule has 2 fully saturated rings. The molecule has 2 aromatic heterocycles. The number of hydrogen-bond acceptors (Lipinski definition) is 13. The average Bonchev–Trinajstić information content (AvgIpc) is 3.60. The lowest BCUT2D eigenvalue weighted by Gasteiger charge is -2.18. The standard InChI is InChI=1S/C26H35FN8O6P/c1-5-29-22-23(28)31-13-32-24(22)34-26-18(27)6-16(40-26)11-38-42(36)41-19-7-17(10-37-4)39-20(19)9-35-8-14(2)21-15(3)30-12-33-25(21)35/h5,8,12-13,16-20,26H,3,6-7,9-11H2,1-2,4H3,(H,30,33)(H3,28,31,32,34)/q+1/t16-,17-,18+,19+,20-,26+/m0/s1. The van der Waals surface area contributed by atoms with E-state index < -0.39 is 39.0 Å². The first-order valence-corrected chi connectivity index (χ1v) is 14.6. The van der Waals surface area contributed by atoms with E-state index in [1.165, 1.54) is 12.5 Å². The van der Waals surface area contributed by atoms with Gasteiger partial charge in [0.1, 0.15) is 42.8 Å². The van der Waals surface area contributed by atoms with Crippen LogP contribution >= 0.6 is 8.25 Å². The van der Waals surface area contributed by atoms with Crippen LogP contribution in [0.15, 0.2) is 29.1 Å². The smallest absolute Gasteiger partial charge is 0.382 e. The number of nitrogens with zero attached hydrogens (tertiary/aromatic N) is 5. The molecular formula is C26H35FN8O6P+. The van der Waals surface area contributed by atoms with Crippen LogP contribution in [0.2, 0.25) is 0 Å². The number of halogens is 1. The molecule has 2 aromatic rings. The van der Waals surface area contributed by atoms with Gasteiger partial charge >= 0.3 is 8.25 Å². The van der Waals surface area contributed by atoms with Gasteiger partial charge in [-0.15, -0.1) is 9.05 Å².